The van der Waals surface area contributed by atoms with Crippen molar-refractivity contribution in [3.8, 4) is 11.8 Å². The van der Waals surface area contributed by atoms with E-state index in [4.69, 9.17) is 10.5 Å². The highest BCUT2D eigenvalue weighted by Gasteiger charge is 2.02. The number of ether oxygens (including phenoxy) is 1. The van der Waals surface area contributed by atoms with Crippen LogP contribution in [0.15, 0.2) is 42.5 Å². The zero-order valence-corrected chi connectivity index (χ0v) is 13.3. The number of nitrogens with one attached hydrogen (secondary N) is 1. The summed E-state index contributed by atoms with van der Waals surface area (Å²) < 4.78 is 5.10. The van der Waals surface area contributed by atoms with Gasteiger partial charge in [-0.25, -0.2) is 4.79 Å². The van der Waals surface area contributed by atoms with Crippen LogP contribution in [-0.2, 0) is 11.3 Å². The standard InChI is InChI=1S/C19H20N2O2/c1-14-15(2)18(20)11-10-17(14)9-6-12-21-19(22)23-13-16-7-4-3-5-8-16/h3-5,7-8,10-11H,12-13,20H2,1-2H3,(H,21,22). The lowest BCUT2D eigenvalue weighted by atomic mass is 10.0. The average Bonchev–Trinajstić information content (AvgIpc) is 2.57. The van der Waals surface area contributed by atoms with Crippen molar-refractivity contribution in [3.63, 3.8) is 0 Å². The highest BCUT2D eigenvalue weighted by atomic mass is 16.5. The van der Waals surface area contributed by atoms with E-state index in [0.717, 1.165) is 27.9 Å². The predicted molar refractivity (Wildman–Crippen MR) is 91.8 cm³/mol. The van der Waals surface area contributed by atoms with Crippen molar-refractivity contribution in [2.45, 2.75) is 20.5 Å². The molecule has 3 N–H and O–H groups in total. The molecular weight excluding hydrogens is 288 g/mol. The summed E-state index contributed by atoms with van der Waals surface area (Å²) in [5.41, 5.74) is 10.6. The summed E-state index contributed by atoms with van der Waals surface area (Å²) in [6.45, 7) is 4.43. The first kappa shape index (κ1) is 16.4. The Labute approximate surface area is 136 Å². The molecule has 0 saturated heterocycles. The van der Waals surface area contributed by atoms with Crippen LogP contribution in [-0.4, -0.2) is 12.6 Å². The van der Waals surface area contributed by atoms with Crippen molar-refractivity contribution in [1.82, 2.24) is 5.32 Å². The Morgan fingerprint density at radius 2 is 1.87 bits per heavy atom. The molecule has 4 heteroatoms. The molecule has 0 aliphatic heterocycles. The Balaban J connectivity index is 1.81. The van der Waals surface area contributed by atoms with Crippen LogP contribution < -0.4 is 11.1 Å². The molecule has 0 unspecified atom stereocenters. The number of hydrogen-bond donors (Lipinski definition) is 2. The molecule has 0 atom stereocenters. The molecule has 23 heavy (non-hydrogen) atoms. The van der Waals surface area contributed by atoms with Crippen molar-refractivity contribution in [2.75, 3.05) is 12.3 Å². The van der Waals surface area contributed by atoms with Crippen molar-refractivity contribution < 1.29 is 9.53 Å². The lowest BCUT2D eigenvalue weighted by Crippen LogP contribution is -2.24. The van der Waals surface area contributed by atoms with Crippen LogP contribution >= 0.6 is 0 Å². The van der Waals surface area contributed by atoms with Gasteiger partial charge in [-0.2, -0.15) is 0 Å². The summed E-state index contributed by atoms with van der Waals surface area (Å²) in [6, 6.07) is 13.3. The summed E-state index contributed by atoms with van der Waals surface area (Å²) >= 11 is 0. The molecule has 2 aromatic rings. The molecule has 4 nitrogen and oxygen atoms in total. The number of nitrogen functional groups attached to an aromatic ring is 1. The Kier molecular flexibility index (Phi) is 5.65. The van der Waals surface area contributed by atoms with E-state index in [-0.39, 0.29) is 13.2 Å². The highest BCUT2D eigenvalue weighted by molar-refractivity contribution is 5.67. The third-order valence-electron chi connectivity index (χ3n) is 3.59. The van der Waals surface area contributed by atoms with Crippen LogP contribution in [0.5, 0.6) is 0 Å². The van der Waals surface area contributed by atoms with Gasteiger partial charge in [-0.3, -0.25) is 0 Å². The molecule has 0 aliphatic rings. The highest BCUT2D eigenvalue weighted by Crippen LogP contribution is 2.18. The number of nitrogens with two attached hydrogens (primary N) is 1. The van der Waals surface area contributed by atoms with Crippen LogP contribution in [0.4, 0.5) is 10.5 Å². The van der Waals surface area contributed by atoms with E-state index < -0.39 is 6.09 Å². The summed E-state index contributed by atoms with van der Waals surface area (Å²) in [5.74, 6) is 5.95. The Morgan fingerprint density at radius 1 is 1.13 bits per heavy atom. The third kappa shape index (κ3) is 4.79. The van der Waals surface area contributed by atoms with Gasteiger partial charge in [-0.1, -0.05) is 42.2 Å². The largest absolute Gasteiger partial charge is 0.445 e. The molecule has 0 fully saturated rings. The van der Waals surface area contributed by atoms with Crippen LogP contribution in [0.25, 0.3) is 0 Å². The number of anilines is 1. The summed E-state index contributed by atoms with van der Waals surface area (Å²) in [7, 11) is 0. The normalized spacial score (nSPS) is 9.65. The van der Waals surface area contributed by atoms with Crippen molar-refractivity contribution >= 4 is 11.8 Å². The van der Waals surface area contributed by atoms with Gasteiger partial charge in [0.15, 0.2) is 0 Å². The van der Waals surface area contributed by atoms with E-state index >= 15 is 0 Å². The Hall–Kier alpha value is -2.93. The minimum Gasteiger partial charge on any atom is -0.445 e. The average molecular weight is 308 g/mol. The maximum atomic E-state index is 11.6. The van der Waals surface area contributed by atoms with Crippen LogP contribution in [0.2, 0.25) is 0 Å². The Bertz CT molecular complexity index is 743. The molecule has 2 aromatic carbocycles. The number of hydrogen-bond acceptors (Lipinski definition) is 3. The molecule has 1 amide bonds. The number of carbonyl (C=O) groups is 1. The number of alkyl carbamates (subject to hydrolysis) is 1. The Morgan fingerprint density at radius 3 is 2.61 bits per heavy atom. The molecule has 0 saturated carbocycles. The van der Waals surface area contributed by atoms with E-state index in [2.05, 4.69) is 17.2 Å². The zero-order valence-electron chi connectivity index (χ0n) is 13.3. The second kappa shape index (κ2) is 7.90. The van der Waals surface area contributed by atoms with Crippen LogP contribution in [0, 0.1) is 25.7 Å². The predicted octanol–water partition coefficient (Wildman–Crippen LogP) is 3.16. The maximum absolute atomic E-state index is 11.6. The fourth-order valence-electron chi connectivity index (χ4n) is 2.01. The van der Waals surface area contributed by atoms with Gasteiger partial charge in [0.25, 0.3) is 0 Å². The molecule has 118 valence electrons. The minimum absolute atomic E-state index is 0.233. The van der Waals surface area contributed by atoms with Gasteiger partial charge in [0.1, 0.15) is 6.61 Å². The van der Waals surface area contributed by atoms with E-state index in [1.807, 2.05) is 56.3 Å². The molecular formula is C19H20N2O2. The first-order valence-corrected chi connectivity index (χ1v) is 7.37. The monoisotopic (exact) mass is 308 g/mol. The smallest absolute Gasteiger partial charge is 0.408 e. The lowest BCUT2D eigenvalue weighted by molar-refractivity contribution is 0.141. The van der Waals surface area contributed by atoms with E-state index in [0.29, 0.717) is 0 Å². The van der Waals surface area contributed by atoms with Crippen LogP contribution in [0.3, 0.4) is 0 Å². The van der Waals surface area contributed by atoms with Gasteiger partial charge in [-0.05, 0) is 42.7 Å². The molecule has 0 aromatic heterocycles. The zero-order chi connectivity index (χ0) is 16.7. The minimum atomic E-state index is -0.478. The lowest BCUT2D eigenvalue weighted by Gasteiger charge is -2.06. The summed E-state index contributed by atoms with van der Waals surface area (Å²) in [5, 5.41) is 2.61. The van der Waals surface area contributed by atoms with E-state index in [9.17, 15) is 4.79 Å². The number of amides is 1. The van der Waals surface area contributed by atoms with Crippen molar-refractivity contribution in [3.05, 3.63) is 64.7 Å². The first-order chi connectivity index (χ1) is 11.1. The fourth-order valence-corrected chi connectivity index (χ4v) is 2.01. The molecule has 2 rings (SSSR count). The van der Waals surface area contributed by atoms with Crippen molar-refractivity contribution in [2.24, 2.45) is 0 Å². The molecule has 0 radical (unpaired) electrons. The maximum Gasteiger partial charge on any atom is 0.408 e. The third-order valence-corrected chi connectivity index (χ3v) is 3.59. The van der Waals surface area contributed by atoms with Gasteiger partial charge < -0.3 is 15.8 Å². The second-order valence-corrected chi connectivity index (χ2v) is 5.17. The van der Waals surface area contributed by atoms with Gasteiger partial charge in [0.05, 0.1) is 6.54 Å². The SMILES string of the molecule is Cc1c(N)ccc(C#CCNC(=O)OCc2ccccc2)c1C. The quantitative estimate of drug-likeness (QED) is 0.676. The summed E-state index contributed by atoms with van der Waals surface area (Å²) in [4.78, 5) is 11.6. The molecule has 0 bridgehead atoms. The van der Waals surface area contributed by atoms with E-state index in [1.165, 1.54) is 0 Å². The van der Waals surface area contributed by atoms with E-state index in [1.54, 1.807) is 0 Å². The van der Waals surface area contributed by atoms with Crippen LogP contribution in [0.1, 0.15) is 22.3 Å². The van der Waals surface area contributed by atoms with Gasteiger partial charge in [-0.15, -0.1) is 0 Å². The first-order valence-electron chi connectivity index (χ1n) is 7.37. The molecule has 0 spiro atoms. The number of benzene rings is 2. The molecule has 0 aliphatic carbocycles. The van der Waals surface area contributed by atoms with Crippen molar-refractivity contribution in [1.29, 1.82) is 0 Å². The molecule has 0 heterocycles. The van der Waals surface area contributed by atoms with Gasteiger partial charge in [0.2, 0.25) is 0 Å². The fraction of sp³-hybridized carbons (Fsp3) is 0.211. The number of carbonyl (C=O) groups excluding carboxylic acids is 1. The topological polar surface area (TPSA) is 64.3 Å². The number of rotatable bonds is 3. The second-order valence-electron chi connectivity index (χ2n) is 5.17. The van der Waals surface area contributed by atoms with Gasteiger partial charge >= 0.3 is 6.09 Å². The summed E-state index contributed by atoms with van der Waals surface area (Å²) in [6.07, 6.45) is -0.478. The van der Waals surface area contributed by atoms with Gasteiger partial charge in [0, 0.05) is 11.3 Å².